The Morgan fingerprint density at radius 3 is 2.56 bits per heavy atom. The molecule has 32 heavy (non-hydrogen) atoms. The molecule has 0 aliphatic carbocycles. The van der Waals surface area contributed by atoms with E-state index in [9.17, 15) is 0 Å². The summed E-state index contributed by atoms with van der Waals surface area (Å²) in [5.41, 5.74) is 0.917. The van der Waals surface area contributed by atoms with Gasteiger partial charge in [0.1, 0.15) is 11.6 Å². The number of rotatable bonds is 6. The highest BCUT2D eigenvalue weighted by Crippen LogP contribution is 2.20. The topological polar surface area (TPSA) is 77.4 Å². The van der Waals surface area contributed by atoms with Crippen LogP contribution in [0.2, 0.25) is 0 Å². The molecule has 170 valence electrons. The lowest BCUT2D eigenvalue weighted by Gasteiger charge is -2.33. The van der Waals surface area contributed by atoms with Crippen molar-refractivity contribution >= 4 is 12.2 Å². The summed E-state index contributed by atoms with van der Waals surface area (Å²) in [7, 11) is 1.65. The summed E-state index contributed by atoms with van der Waals surface area (Å²) in [6, 6.07) is 7.67. The quantitative estimate of drug-likeness (QED) is 0.525. The zero-order chi connectivity index (χ0) is 21.9. The molecule has 0 N–H and O–H groups in total. The van der Waals surface area contributed by atoms with Crippen LogP contribution in [0.1, 0.15) is 31.0 Å². The summed E-state index contributed by atoms with van der Waals surface area (Å²) in [5, 5.41) is 8.95. The van der Waals surface area contributed by atoms with Crippen LogP contribution in [-0.2, 0) is 26.2 Å². The second-order valence-electron chi connectivity index (χ2n) is 8.44. The molecule has 0 amide bonds. The van der Waals surface area contributed by atoms with Gasteiger partial charge in [0, 0.05) is 44.7 Å². The summed E-state index contributed by atoms with van der Waals surface area (Å²) in [5.74, 6) is 3.21. The predicted octanol–water partition coefficient (Wildman–Crippen LogP) is 2.97. The Hall–Kier alpha value is -2.56. The van der Waals surface area contributed by atoms with Crippen LogP contribution in [0.3, 0.4) is 0 Å². The molecule has 9 nitrogen and oxygen atoms in total. The smallest absolute Gasteiger partial charge is 0.241 e. The first-order valence-electron chi connectivity index (χ1n) is 11.3. The van der Waals surface area contributed by atoms with E-state index < -0.39 is 0 Å². The lowest BCUT2D eigenvalue weighted by atomic mass is 10.2. The first kappa shape index (κ1) is 21.3. The van der Waals surface area contributed by atoms with E-state index in [0.29, 0.717) is 18.3 Å². The van der Waals surface area contributed by atoms with Crippen molar-refractivity contribution in [2.24, 2.45) is 0 Å². The average molecular weight is 456 g/mol. The van der Waals surface area contributed by atoms with Crippen LogP contribution in [0, 0.1) is 4.77 Å². The van der Waals surface area contributed by atoms with Crippen LogP contribution in [0.15, 0.2) is 28.8 Å². The van der Waals surface area contributed by atoms with Crippen LogP contribution < -0.4 is 4.74 Å². The molecule has 0 unspecified atom stereocenters. The third-order valence-corrected chi connectivity index (χ3v) is 6.69. The van der Waals surface area contributed by atoms with Gasteiger partial charge in [-0.15, -0.1) is 0 Å². The molecule has 0 atom stereocenters. The highest BCUT2D eigenvalue weighted by Gasteiger charge is 2.21. The van der Waals surface area contributed by atoms with E-state index in [0.717, 1.165) is 67.7 Å². The summed E-state index contributed by atoms with van der Waals surface area (Å²) in [6.07, 6.45) is 4.71. The molecule has 1 fully saturated rings. The summed E-state index contributed by atoms with van der Waals surface area (Å²) < 4.78 is 15.8. The molecule has 0 bridgehead atoms. The van der Waals surface area contributed by atoms with E-state index >= 15 is 0 Å². The number of ether oxygens (including phenoxy) is 1. The number of fused-ring (bicyclic) bond motifs is 1. The van der Waals surface area contributed by atoms with Gasteiger partial charge in [0.25, 0.3) is 0 Å². The van der Waals surface area contributed by atoms with Crippen molar-refractivity contribution in [3.8, 4) is 17.1 Å². The van der Waals surface area contributed by atoms with Crippen LogP contribution in [0.25, 0.3) is 11.4 Å². The molecule has 0 spiro atoms. The Kier molecular flexibility index (Phi) is 6.33. The Morgan fingerprint density at radius 2 is 1.78 bits per heavy atom. The van der Waals surface area contributed by atoms with Gasteiger partial charge in [-0.1, -0.05) is 11.6 Å². The second kappa shape index (κ2) is 9.51. The monoisotopic (exact) mass is 455 g/mol. The average Bonchev–Trinajstić information content (AvgIpc) is 3.31. The molecule has 2 aromatic heterocycles. The molecule has 5 rings (SSSR count). The van der Waals surface area contributed by atoms with Crippen molar-refractivity contribution in [3.63, 3.8) is 0 Å². The zero-order valence-corrected chi connectivity index (χ0v) is 19.3. The third-order valence-electron chi connectivity index (χ3n) is 6.26. The van der Waals surface area contributed by atoms with E-state index in [1.54, 1.807) is 7.11 Å². The summed E-state index contributed by atoms with van der Waals surface area (Å²) in [4.78, 5) is 9.33. The van der Waals surface area contributed by atoms with Gasteiger partial charge in [0.05, 0.1) is 20.3 Å². The first-order chi connectivity index (χ1) is 15.7. The number of aryl methyl sites for hydroxylation is 1. The van der Waals surface area contributed by atoms with Crippen LogP contribution in [-0.4, -0.2) is 67.6 Å². The Morgan fingerprint density at radius 1 is 1.00 bits per heavy atom. The van der Waals surface area contributed by atoms with Crippen molar-refractivity contribution in [2.45, 2.75) is 45.4 Å². The number of benzene rings is 1. The maximum atomic E-state index is 5.70. The van der Waals surface area contributed by atoms with Crippen molar-refractivity contribution < 1.29 is 9.26 Å². The first-order valence-corrected chi connectivity index (χ1v) is 11.7. The van der Waals surface area contributed by atoms with Gasteiger partial charge in [0.15, 0.2) is 4.77 Å². The van der Waals surface area contributed by atoms with Crippen LogP contribution >= 0.6 is 12.2 Å². The molecule has 0 radical (unpaired) electrons. The molecule has 3 aromatic rings. The summed E-state index contributed by atoms with van der Waals surface area (Å²) >= 11 is 5.70. The number of piperazine rings is 1. The highest BCUT2D eigenvalue weighted by molar-refractivity contribution is 7.71. The standard InChI is InChI=1S/C22H29N7O2S/c1-30-18-8-6-17(7-9-18)21-23-20(31-25-21)15-26-11-13-27(14-12-26)16-29-22(32)28-10-4-2-3-5-19(28)24-29/h6-9H,2-5,10-16H2,1H3. The minimum atomic E-state index is 0.607. The molecule has 2 aliphatic heterocycles. The van der Waals surface area contributed by atoms with Crippen LogP contribution in [0.5, 0.6) is 5.75 Å². The van der Waals surface area contributed by atoms with E-state index in [1.165, 1.54) is 19.3 Å². The predicted molar refractivity (Wildman–Crippen MR) is 122 cm³/mol. The van der Waals surface area contributed by atoms with Gasteiger partial charge in [0.2, 0.25) is 11.7 Å². The number of aromatic nitrogens is 5. The lowest BCUT2D eigenvalue weighted by Crippen LogP contribution is -2.46. The van der Waals surface area contributed by atoms with Gasteiger partial charge >= 0.3 is 0 Å². The van der Waals surface area contributed by atoms with E-state index in [2.05, 4.69) is 24.5 Å². The van der Waals surface area contributed by atoms with Crippen LogP contribution in [0.4, 0.5) is 0 Å². The number of hydrogen-bond donors (Lipinski definition) is 0. The highest BCUT2D eigenvalue weighted by atomic mass is 32.1. The molecule has 4 heterocycles. The Balaban J connectivity index is 1.15. The van der Waals surface area contributed by atoms with Gasteiger partial charge < -0.3 is 13.8 Å². The SMILES string of the molecule is COc1ccc(-c2noc(CN3CCN(Cn4nc5n(c4=S)CCCCC5)CC3)n2)cc1. The van der Waals surface area contributed by atoms with Crippen molar-refractivity contribution in [2.75, 3.05) is 33.3 Å². The van der Waals surface area contributed by atoms with Crippen molar-refractivity contribution in [1.29, 1.82) is 0 Å². The maximum Gasteiger partial charge on any atom is 0.241 e. The fraction of sp³-hybridized carbons (Fsp3) is 0.545. The minimum absolute atomic E-state index is 0.607. The van der Waals surface area contributed by atoms with E-state index in [-0.39, 0.29) is 0 Å². The molecule has 0 saturated carbocycles. The fourth-order valence-electron chi connectivity index (χ4n) is 4.36. The van der Waals surface area contributed by atoms with E-state index in [1.807, 2.05) is 28.9 Å². The van der Waals surface area contributed by atoms with Gasteiger partial charge in [-0.05, 0) is 49.3 Å². The van der Waals surface area contributed by atoms with Gasteiger partial charge in [-0.25, -0.2) is 4.68 Å². The van der Waals surface area contributed by atoms with E-state index in [4.69, 9.17) is 26.6 Å². The molecule has 1 saturated heterocycles. The number of hydrogen-bond acceptors (Lipinski definition) is 8. The zero-order valence-electron chi connectivity index (χ0n) is 18.4. The van der Waals surface area contributed by atoms with Crippen molar-refractivity contribution in [1.82, 2.24) is 34.3 Å². The molecule has 1 aromatic carbocycles. The second-order valence-corrected chi connectivity index (χ2v) is 8.80. The molecular weight excluding hydrogens is 426 g/mol. The molecular formula is C22H29N7O2S. The summed E-state index contributed by atoms with van der Waals surface area (Å²) in [6.45, 7) is 6.24. The largest absolute Gasteiger partial charge is 0.497 e. The Labute approximate surface area is 192 Å². The van der Waals surface area contributed by atoms with Gasteiger partial charge in [-0.3, -0.25) is 9.80 Å². The fourth-order valence-corrected chi connectivity index (χ4v) is 4.66. The minimum Gasteiger partial charge on any atom is -0.497 e. The number of methoxy groups -OCH3 is 1. The lowest BCUT2D eigenvalue weighted by molar-refractivity contribution is 0.0906. The molecule has 10 heteroatoms. The van der Waals surface area contributed by atoms with Gasteiger partial charge in [-0.2, -0.15) is 10.1 Å². The normalized spacial score (nSPS) is 17.8. The maximum absolute atomic E-state index is 5.70. The molecule has 2 aliphatic rings. The Bertz CT molecular complexity index is 1100. The number of nitrogens with zero attached hydrogens (tertiary/aromatic N) is 7. The third kappa shape index (κ3) is 4.62. The van der Waals surface area contributed by atoms with Crippen molar-refractivity contribution in [3.05, 3.63) is 40.8 Å².